The first-order valence-electron chi connectivity index (χ1n) is 20.6. The molecule has 3 aromatic heterocycles. The first-order valence-corrected chi connectivity index (χ1v) is 20.6. The van der Waals surface area contributed by atoms with Crippen molar-refractivity contribution in [1.29, 1.82) is 0 Å². The van der Waals surface area contributed by atoms with Gasteiger partial charge in [0.05, 0.1) is 41.9 Å². The number of carbonyl (C=O) groups is 1. The van der Waals surface area contributed by atoms with Crippen LogP contribution in [0.4, 0.5) is 11.4 Å². The van der Waals surface area contributed by atoms with E-state index in [4.69, 9.17) is 19.4 Å². The van der Waals surface area contributed by atoms with Crippen LogP contribution in [0.25, 0.3) is 90.9 Å². The number of methoxy groups -OCH3 is 2. The van der Waals surface area contributed by atoms with Gasteiger partial charge in [0.15, 0.2) is 0 Å². The van der Waals surface area contributed by atoms with Gasteiger partial charge in [-0.1, -0.05) is 48.5 Å². The highest BCUT2D eigenvalue weighted by molar-refractivity contribution is 6.05. The highest BCUT2D eigenvalue weighted by atomic mass is 16.6. The van der Waals surface area contributed by atoms with Crippen LogP contribution in [-0.2, 0) is 0 Å². The molecule has 0 atom stereocenters. The van der Waals surface area contributed by atoms with Crippen LogP contribution in [0, 0.1) is 10.1 Å². The zero-order chi connectivity index (χ0) is 44.6. The maximum Gasteiger partial charge on any atom is 0.269 e. The summed E-state index contributed by atoms with van der Waals surface area (Å²) in [5.41, 5.74) is 13.8. The average Bonchev–Trinajstić information content (AvgIpc) is 4.19. The van der Waals surface area contributed by atoms with Gasteiger partial charge in [-0.2, -0.15) is 0 Å². The van der Waals surface area contributed by atoms with Crippen LogP contribution in [0.2, 0.25) is 0 Å². The standard InChI is InChI=1S/C53H38N6O6/c1-64-39-19-9-33(10-20-39)51-45-27-23-41(55-45)49(31-3-13-36(14-4-31)54-53(61)35-5-15-37(16-6-35)59(62)63)42-24-28-46(56-42)52(34-11-21-40(65-2)22-12-34)48-30-26-44(58-48)50(43-25-29-47(51)57-43)32-7-17-38(60)18-8-32/h3-30,55,58,60H,1-2H3,(H,54,61). The van der Waals surface area contributed by atoms with Gasteiger partial charge in [-0.15, -0.1) is 0 Å². The van der Waals surface area contributed by atoms with Crippen LogP contribution in [0.1, 0.15) is 33.1 Å². The van der Waals surface area contributed by atoms with Gasteiger partial charge in [-0.3, -0.25) is 14.9 Å². The monoisotopic (exact) mass is 854 g/mol. The minimum Gasteiger partial charge on any atom is -0.508 e. The lowest BCUT2D eigenvalue weighted by Crippen LogP contribution is -2.11. The van der Waals surface area contributed by atoms with Crippen molar-refractivity contribution in [2.24, 2.45) is 0 Å². The fourth-order valence-electron chi connectivity index (χ4n) is 8.22. The van der Waals surface area contributed by atoms with Crippen LogP contribution < -0.4 is 14.8 Å². The second-order valence-electron chi connectivity index (χ2n) is 15.3. The summed E-state index contributed by atoms with van der Waals surface area (Å²) in [7, 11) is 3.28. The van der Waals surface area contributed by atoms with Crippen molar-refractivity contribution in [3.8, 4) is 61.8 Å². The molecule has 5 heterocycles. The zero-order valence-corrected chi connectivity index (χ0v) is 35.0. The van der Waals surface area contributed by atoms with Crippen molar-refractivity contribution in [2.75, 3.05) is 19.5 Å². The molecule has 316 valence electrons. The number of nitro benzene ring substituents is 1. The lowest BCUT2D eigenvalue weighted by molar-refractivity contribution is -0.384. The molecule has 0 radical (unpaired) electrons. The number of nitrogens with one attached hydrogen (secondary N) is 3. The molecule has 0 saturated heterocycles. The van der Waals surface area contributed by atoms with E-state index in [2.05, 4.69) is 15.3 Å². The predicted molar refractivity (Wildman–Crippen MR) is 256 cm³/mol. The fourth-order valence-corrected chi connectivity index (χ4v) is 8.22. The predicted octanol–water partition coefficient (Wildman–Crippen LogP) is 12.2. The second kappa shape index (κ2) is 16.7. The molecule has 12 heteroatoms. The SMILES string of the molecule is COc1ccc(-c2c3nc(c(-c4ccc(NC(=O)c5ccc([N+](=O)[O-])cc5)cc4)c4ccc([nH]4)c(-c4ccc(OC)cc4)c4nc(c(-c5ccc(O)cc5)c5ccc2[nH]5)C=C4)C=C3)cc1. The van der Waals surface area contributed by atoms with Crippen LogP contribution in [0.5, 0.6) is 17.2 Å². The number of fused-ring (bicyclic) bond motifs is 8. The van der Waals surface area contributed by atoms with Gasteiger partial charge >= 0.3 is 0 Å². The van der Waals surface area contributed by atoms with E-state index in [1.807, 2.05) is 133 Å². The quantitative estimate of drug-likeness (QED) is 0.0821. The zero-order valence-electron chi connectivity index (χ0n) is 35.0. The van der Waals surface area contributed by atoms with Gasteiger partial charge in [0.1, 0.15) is 17.2 Å². The number of amides is 1. The maximum atomic E-state index is 13.2. The number of carbonyl (C=O) groups excluding carboxylic acids is 1. The number of aromatic hydroxyl groups is 1. The Morgan fingerprint density at radius 1 is 0.523 bits per heavy atom. The third-order valence-corrected chi connectivity index (χ3v) is 11.4. The molecule has 0 aliphatic carbocycles. The number of hydrogen-bond donors (Lipinski definition) is 4. The average molecular weight is 855 g/mol. The van der Waals surface area contributed by atoms with E-state index in [1.54, 1.807) is 26.4 Å². The van der Waals surface area contributed by atoms with Crippen molar-refractivity contribution in [3.63, 3.8) is 0 Å². The molecular weight excluding hydrogens is 817 g/mol. The van der Waals surface area contributed by atoms with Crippen molar-refractivity contribution < 1.29 is 24.3 Å². The van der Waals surface area contributed by atoms with E-state index in [0.717, 1.165) is 95.2 Å². The van der Waals surface area contributed by atoms with E-state index < -0.39 is 10.8 Å². The molecule has 5 aromatic carbocycles. The molecule has 12 nitrogen and oxygen atoms in total. The Balaban J connectivity index is 1.23. The highest BCUT2D eigenvalue weighted by Gasteiger charge is 2.20. The molecule has 1 amide bonds. The summed E-state index contributed by atoms with van der Waals surface area (Å²) < 4.78 is 11.0. The van der Waals surface area contributed by atoms with Crippen molar-refractivity contribution >= 4 is 63.7 Å². The van der Waals surface area contributed by atoms with Crippen LogP contribution in [-0.4, -0.2) is 50.1 Å². The molecule has 0 saturated carbocycles. The number of benzene rings is 5. The third kappa shape index (κ3) is 7.76. The number of nitro groups is 1. The summed E-state index contributed by atoms with van der Waals surface area (Å²) in [6, 6.07) is 44.0. The number of phenolic OH excluding ortho intramolecular Hbond substituents is 1. The van der Waals surface area contributed by atoms with E-state index in [-0.39, 0.29) is 11.4 Å². The fraction of sp³-hybridized carbons (Fsp3) is 0.0377. The second-order valence-corrected chi connectivity index (χ2v) is 15.3. The number of rotatable bonds is 9. The molecule has 2 aliphatic rings. The number of ether oxygens (including phenoxy) is 2. The Kier molecular flexibility index (Phi) is 10.3. The molecule has 8 aromatic rings. The molecule has 10 rings (SSSR count). The molecule has 8 bridgehead atoms. The molecular formula is C53H38N6O6. The minimum atomic E-state index is -0.502. The number of aromatic amines is 2. The van der Waals surface area contributed by atoms with Crippen molar-refractivity contribution in [3.05, 3.63) is 184 Å². The smallest absolute Gasteiger partial charge is 0.269 e. The minimum absolute atomic E-state index is 0.0944. The molecule has 2 aliphatic heterocycles. The molecule has 4 N–H and O–H groups in total. The topological polar surface area (TPSA) is 168 Å². The third-order valence-electron chi connectivity index (χ3n) is 11.4. The van der Waals surface area contributed by atoms with Gasteiger partial charge in [-0.25, -0.2) is 9.97 Å². The maximum absolute atomic E-state index is 13.2. The summed E-state index contributed by atoms with van der Waals surface area (Å²) in [6.07, 6.45) is 8.06. The Hall–Kier alpha value is -9.03. The number of non-ortho nitro benzene ring substituents is 1. The Bertz CT molecular complexity index is 3340. The first kappa shape index (κ1) is 40.1. The number of aromatic nitrogens is 4. The first-order chi connectivity index (χ1) is 31.7. The molecule has 65 heavy (non-hydrogen) atoms. The van der Waals surface area contributed by atoms with Gasteiger partial charge in [0.25, 0.3) is 11.6 Å². The van der Waals surface area contributed by atoms with Gasteiger partial charge in [-0.05, 0) is 131 Å². The van der Waals surface area contributed by atoms with Crippen molar-refractivity contribution in [2.45, 2.75) is 0 Å². The summed E-state index contributed by atoms with van der Waals surface area (Å²) in [6.45, 7) is 0. The van der Waals surface area contributed by atoms with Gasteiger partial charge in [0, 0.05) is 67.7 Å². The molecule has 0 fully saturated rings. The van der Waals surface area contributed by atoms with Crippen LogP contribution in [0.3, 0.4) is 0 Å². The number of phenols is 1. The van der Waals surface area contributed by atoms with E-state index >= 15 is 0 Å². The summed E-state index contributed by atoms with van der Waals surface area (Å²) in [5.74, 6) is 1.22. The number of hydrogen-bond acceptors (Lipinski definition) is 8. The Labute approximate surface area is 372 Å². The summed E-state index contributed by atoms with van der Waals surface area (Å²) in [5, 5.41) is 24.4. The van der Waals surface area contributed by atoms with Crippen LogP contribution >= 0.6 is 0 Å². The molecule has 0 spiro atoms. The summed E-state index contributed by atoms with van der Waals surface area (Å²) >= 11 is 0. The number of H-pyrrole nitrogens is 2. The van der Waals surface area contributed by atoms with Gasteiger partial charge < -0.3 is 29.9 Å². The highest BCUT2D eigenvalue weighted by Crippen LogP contribution is 2.39. The number of nitrogens with zero attached hydrogens (tertiary/aromatic N) is 3. The van der Waals surface area contributed by atoms with E-state index in [0.29, 0.717) is 16.9 Å². The largest absolute Gasteiger partial charge is 0.508 e. The normalized spacial score (nSPS) is 11.7. The van der Waals surface area contributed by atoms with E-state index in [9.17, 15) is 20.0 Å². The number of anilines is 1. The lowest BCUT2D eigenvalue weighted by atomic mass is 10.0. The Morgan fingerprint density at radius 2 is 0.877 bits per heavy atom. The summed E-state index contributed by atoms with van der Waals surface area (Å²) in [4.78, 5) is 42.0. The van der Waals surface area contributed by atoms with Gasteiger partial charge in [0.2, 0.25) is 0 Å². The lowest BCUT2D eigenvalue weighted by Gasteiger charge is -2.09. The van der Waals surface area contributed by atoms with Crippen molar-refractivity contribution in [1.82, 2.24) is 19.9 Å². The molecule has 0 unspecified atom stereocenters. The van der Waals surface area contributed by atoms with Crippen LogP contribution in [0.15, 0.2) is 146 Å². The van der Waals surface area contributed by atoms with E-state index in [1.165, 1.54) is 24.3 Å². The Morgan fingerprint density at radius 3 is 1.23 bits per heavy atom.